The summed E-state index contributed by atoms with van der Waals surface area (Å²) >= 11 is 1.35. The van der Waals surface area contributed by atoms with Crippen molar-refractivity contribution in [1.82, 2.24) is 19.9 Å². The molecule has 2 unspecified atom stereocenters. The second kappa shape index (κ2) is 5.09. The summed E-state index contributed by atoms with van der Waals surface area (Å²) in [6, 6.07) is 0.176. The number of amides is 1. The van der Waals surface area contributed by atoms with E-state index in [1.807, 2.05) is 0 Å². The van der Waals surface area contributed by atoms with Gasteiger partial charge in [-0.25, -0.2) is 4.68 Å². The maximum Gasteiger partial charge on any atom is 0.275 e. The van der Waals surface area contributed by atoms with E-state index in [1.54, 1.807) is 31.9 Å². The van der Waals surface area contributed by atoms with Gasteiger partial charge >= 0.3 is 0 Å². The predicted molar refractivity (Wildman–Crippen MR) is 68.4 cm³/mol. The summed E-state index contributed by atoms with van der Waals surface area (Å²) in [5.41, 5.74) is 0.346. The van der Waals surface area contributed by atoms with Gasteiger partial charge in [0, 0.05) is 26.3 Å². The molecule has 1 aliphatic rings. The molecule has 2 rings (SSSR count). The number of hydrogen-bond donors (Lipinski definition) is 0. The van der Waals surface area contributed by atoms with Crippen LogP contribution < -0.4 is 0 Å². The minimum atomic E-state index is -0.156. The maximum absolute atomic E-state index is 11.7. The van der Waals surface area contributed by atoms with Crippen LogP contribution in [0.3, 0.4) is 0 Å². The molecule has 0 aliphatic heterocycles. The molecule has 0 bridgehead atoms. The summed E-state index contributed by atoms with van der Waals surface area (Å²) in [7, 11) is 3.36. The Labute approximate surface area is 110 Å². The highest BCUT2D eigenvalue weighted by Gasteiger charge is 2.35. The highest BCUT2D eigenvalue weighted by atomic mass is 32.2. The van der Waals surface area contributed by atoms with Gasteiger partial charge in [0.25, 0.3) is 5.91 Å². The molecule has 1 aromatic rings. The van der Waals surface area contributed by atoms with Crippen LogP contribution in [0.15, 0.2) is 6.20 Å². The van der Waals surface area contributed by atoms with Gasteiger partial charge in [0.15, 0.2) is 10.8 Å². The van der Waals surface area contributed by atoms with Gasteiger partial charge in [0.2, 0.25) is 0 Å². The molecule has 1 fully saturated rings. The molecule has 0 N–H and O–H groups in total. The third kappa shape index (κ3) is 2.55. The van der Waals surface area contributed by atoms with Crippen molar-refractivity contribution in [3.63, 3.8) is 0 Å². The summed E-state index contributed by atoms with van der Waals surface area (Å²) in [5, 5.41) is 8.25. The molecule has 0 saturated heterocycles. The molecule has 0 radical (unpaired) electrons. The number of carbonyl (C=O) groups excluding carboxylic acids is 2. The van der Waals surface area contributed by atoms with Crippen molar-refractivity contribution >= 4 is 22.8 Å². The van der Waals surface area contributed by atoms with Gasteiger partial charge in [-0.1, -0.05) is 17.0 Å². The molecule has 18 heavy (non-hydrogen) atoms. The second-order valence-corrected chi connectivity index (χ2v) is 5.99. The predicted octanol–water partition coefficient (Wildman–Crippen LogP) is 0.963. The van der Waals surface area contributed by atoms with Gasteiger partial charge in [-0.05, 0) is 12.8 Å². The Balaban J connectivity index is 2.06. The lowest BCUT2D eigenvalue weighted by atomic mass is 9.92. The molecule has 2 atom stereocenters. The van der Waals surface area contributed by atoms with Crippen LogP contribution in [0.1, 0.15) is 36.3 Å². The van der Waals surface area contributed by atoms with E-state index in [0.29, 0.717) is 5.69 Å². The van der Waals surface area contributed by atoms with E-state index in [0.717, 1.165) is 12.8 Å². The summed E-state index contributed by atoms with van der Waals surface area (Å²) in [6.45, 7) is 1.57. The van der Waals surface area contributed by atoms with Crippen molar-refractivity contribution in [2.24, 2.45) is 0 Å². The number of rotatable bonds is 3. The number of hydrogen-bond acceptors (Lipinski definition) is 5. The van der Waals surface area contributed by atoms with Crippen LogP contribution in [0, 0.1) is 0 Å². The van der Waals surface area contributed by atoms with Gasteiger partial charge in [0.1, 0.15) is 0 Å². The Hall–Kier alpha value is -1.37. The first-order valence-electron chi connectivity index (χ1n) is 5.79. The summed E-state index contributed by atoms with van der Waals surface area (Å²) < 4.78 is 1.71. The first kappa shape index (κ1) is 13.1. The normalized spacial score (nSPS) is 22.4. The quantitative estimate of drug-likeness (QED) is 0.817. The van der Waals surface area contributed by atoms with Gasteiger partial charge in [0.05, 0.1) is 12.2 Å². The standard InChI is InChI=1S/C11H16N4O2S/c1-7(16)18-10-5-4-9(10)15-6-8(12-13-15)11(17)14(2)3/h6,9-10H,4-5H2,1-3H3. The molecule has 0 aromatic carbocycles. The molecule has 1 amide bonds. The van der Waals surface area contributed by atoms with Crippen LogP contribution in [-0.2, 0) is 4.79 Å². The van der Waals surface area contributed by atoms with Crippen LogP contribution in [0.4, 0.5) is 0 Å². The molecule has 7 heteroatoms. The van der Waals surface area contributed by atoms with Crippen LogP contribution in [0.5, 0.6) is 0 Å². The molecular formula is C11H16N4O2S. The van der Waals surface area contributed by atoms with E-state index < -0.39 is 0 Å². The summed E-state index contributed by atoms with van der Waals surface area (Å²) in [6.07, 6.45) is 3.65. The SMILES string of the molecule is CC(=O)SC1CCC1n1cc(C(=O)N(C)C)nn1. The van der Waals surface area contributed by atoms with Gasteiger partial charge in [-0.15, -0.1) is 5.10 Å². The molecule has 1 aliphatic carbocycles. The number of carbonyl (C=O) groups is 2. The third-order valence-corrected chi connectivity index (χ3v) is 4.15. The van der Waals surface area contributed by atoms with Crippen molar-refractivity contribution in [2.75, 3.05) is 14.1 Å². The van der Waals surface area contributed by atoms with Gasteiger partial charge < -0.3 is 4.90 Å². The molecule has 1 aromatic heterocycles. The smallest absolute Gasteiger partial charge is 0.275 e. The fourth-order valence-electron chi connectivity index (χ4n) is 1.87. The zero-order chi connectivity index (χ0) is 13.3. The summed E-state index contributed by atoms with van der Waals surface area (Å²) in [4.78, 5) is 24.2. The van der Waals surface area contributed by atoms with Crippen molar-refractivity contribution in [2.45, 2.75) is 31.1 Å². The second-order valence-electron chi connectivity index (χ2n) is 4.58. The van der Waals surface area contributed by atoms with Gasteiger partial charge in [-0.3, -0.25) is 9.59 Å². The largest absolute Gasteiger partial charge is 0.343 e. The lowest BCUT2D eigenvalue weighted by molar-refractivity contribution is -0.109. The molecular weight excluding hydrogens is 252 g/mol. The number of thioether (sulfide) groups is 1. The minimum absolute atomic E-state index is 0.120. The Morgan fingerprint density at radius 1 is 1.44 bits per heavy atom. The lowest BCUT2D eigenvalue weighted by Crippen LogP contribution is -2.32. The van der Waals surface area contributed by atoms with Gasteiger partial charge in [-0.2, -0.15) is 0 Å². The first-order valence-corrected chi connectivity index (χ1v) is 6.67. The first-order chi connectivity index (χ1) is 8.49. The number of nitrogens with zero attached hydrogens (tertiary/aromatic N) is 4. The zero-order valence-corrected chi connectivity index (χ0v) is 11.5. The summed E-state index contributed by atoms with van der Waals surface area (Å²) in [5.74, 6) is -0.156. The van der Waals surface area contributed by atoms with Crippen molar-refractivity contribution in [3.8, 4) is 0 Å². The monoisotopic (exact) mass is 268 g/mol. The zero-order valence-electron chi connectivity index (χ0n) is 10.7. The Bertz CT molecular complexity index is 471. The Kier molecular flexibility index (Phi) is 3.70. The molecule has 1 heterocycles. The Morgan fingerprint density at radius 2 is 2.17 bits per heavy atom. The van der Waals surface area contributed by atoms with E-state index in [1.165, 1.54) is 16.7 Å². The van der Waals surface area contributed by atoms with E-state index in [2.05, 4.69) is 10.3 Å². The van der Waals surface area contributed by atoms with Crippen molar-refractivity contribution < 1.29 is 9.59 Å². The van der Waals surface area contributed by atoms with Crippen molar-refractivity contribution in [1.29, 1.82) is 0 Å². The molecule has 0 spiro atoms. The van der Waals surface area contributed by atoms with Crippen molar-refractivity contribution in [3.05, 3.63) is 11.9 Å². The highest BCUT2D eigenvalue weighted by Crippen LogP contribution is 2.40. The van der Waals surface area contributed by atoms with E-state index in [9.17, 15) is 9.59 Å². The fourth-order valence-corrected chi connectivity index (χ4v) is 2.97. The fraction of sp³-hybridized carbons (Fsp3) is 0.636. The molecule has 6 nitrogen and oxygen atoms in total. The van der Waals surface area contributed by atoms with E-state index in [-0.39, 0.29) is 22.3 Å². The van der Waals surface area contributed by atoms with E-state index in [4.69, 9.17) is 0 Å². The van der Waals surface area contributed by atoms with E-state index >= 15 is 0 Å². The third-order valence-electron chi connectivity index (χ3n) is 2.97. The Morgan fingerprint density at radius 3 is 2.67 bits per heavy atom. The van der Waals surface area contributed by atoms with Crippen LogP contribution in [-0.4, -0.2) is 50.3 Å². The molecule has 1 saturated carbocycles. The molecule has 98 valence electrons. The lowest BCUT2D eigenvalue weighted by Gasteiger charge is -2.34. The average Bonchev–Trinajstić information content (AvgIpc) is 2.72. The average molecular weight is 268 g/mol. The number of aromatic nitrogens is 3. The minimum Gasteiger partial charge on any atom is -0.343 e. The maximum atomic E-state index is 11.7. The van der Waals surface area contributed by atoms with Crippen LogP contribution in [0.25, 0.3) is 0 Å². The van der Waals surface area contributed by atoms with Crippen LogP contribution >= 0.6 is 11.8 Å². The highest BCUT2D eigenvalue weighted by molar-refractivity contribution is 8.14. The van der Waals surface area contributed by atoms with Crippen LogP contribution in [0.2, 0.25) is 0 Å². The topological polar surface area (TPSA) is 68.1 Å².